The number of H-pyrrole nitrogens is 1. The van der Waals surface area contributed by atoms with E-state index in [4.69, 9.17) is 0 Å². The average molecular weight is 179 g/mol. The standard InChI is InChI=1S/C7H7N3.C3H8.H2/c1-5-2-3-6-7(10-5)9-4-8-6;1-3-2;/h2-4H,1H3,(H,8,9,10);3H2,1-2H3;1H. The molecule has 0 saturated heterocycles. The number of hydrogen-bond donors (Lipinski definition) is 1. The molecule has 0 fully saturated rings. The Kier molecular flexibility index (Phi) is 3.43. The van der Waals surface area contributed by atoms with Crippen LogP contribution in [0.4, 0.5) is 0 Å². The van der Waals surface area contributed by atoms with Gasteiger partial charge in [-0.25, -0.2) is 9.97 Å². The lowest BCUT2D eigenvalue weighted by Crippen LogP contribution is -1.79. The summed E-state index contributed by atoms with van der Waals surface area (Å²) >= 11 is 0. The molecule has 0 radical (unpaired) electrons. The van der Waals surface area contributed by atoms with Crippen molar-refractivity contribution in [1.82, 2.24) is 15.0 Å². The fourth-order valence-corrected chi connectivity index (χ4v) is 0.917. The van der Waals surface area contributed by atoms with Crippen molar-refractivity contribution in [3.63, 3.8) is 0 Å². The van der Waals surface area contributed by atoms with Crippen molar-refractivity contribution >= 4 is 11.2 Å². The zero-order chi connectivity index (χ0) is 9.68. The van der Waals surface area contributed by atoms with Gasteiger partial charge in [0.25, 0.3) is 0 Å². The molecule has 2 aromatic rings. The lowest BCUT2D eigenvalue weighted by molar-refractivity contribution is 1.09. The number of fused-ring (bicyclic) bond motifs is 1. The van der Waals surface area contributed by atoms with Gasteiger partial charge < -0.3 is 4.98 Å². The van der Waals surface area contributed by atoms with Gasteiger partial charge in [-0.15, -0.1) is 0 Å². The second kappa shape index (κ2) is 4.60. The number of aromatic nitrogens is 3. The predicted octanol–water partition coefficient (Wildman–Crippen LogP) is 2.93. The normalized spacial score (nSPS) is 9.46. The van der Waals surface area contributed by atoms with Crippen molar-refractivity contribution in [2.24, 2.45) is 0 Å². The Bertz CT molecular complexity index is 370. The van der Waals surface area contributed by atoms with Crippen LogP contribution in [0.2, 0.25) is 0 Å². The van der Waals surface area contributed by atoms with Crippen molar-refractivity contribution in [3.05, 3.63) is 24.2 Å². The zero-order valence-corrected chi connectivity index (χ0v) is 8.33. The van der Waals surface area contributed by atoms with Crippen molar-refractivity contribution in [3.8, 4) is 0 Å². The highest BCUT2D eigenvalue weighted by Gasteiger charge is 1.94. The van der Waals surface area contributed by atoms with E-state index in [2.05, 4.69) is 28.8 Å². The maximum absolute atomic E-state index is 4.19. The van der Waals surface area contributed by atoms with Crippen molar-refractivity contribution in [2.45, 2.75) is 27.2 Å². The van der Waals surface area contributed by atoms with Crippen molar-refractivity contribution in [1.29, 1.82) is 0 Å². The van der Waals surface area contributed by atoms with Crippen LogP contribution in [-0.4, -0.2) is 15.0 Å². The molecule has 0 spiro atoms. The molecular weight excluding hydrogens is 162 g/mol. The molecule has 3 nitrogen and oxygen atoms in total. The Morgan fingerprint density at radius 2 is 2.08 bits per heavy atom. The van der Waals surface area contributed by atoms with E-state index in [-0.39, 0.29) is 1.43 Å². The van der Waals surface area contributed by atoms with Gasteiger partial charge in [-0.1, -0.05) is 20.3 Å². The molecule has 72 valence electrons. The third-order valence-electron chi connectivity index (χ3n) is 1.42. The molecule has 0 atom stereocenters. The van der Waals surface area contributed by atoms with Gasteiger partial charge in [0.1, 0.15) is 0 Å². The van der Waals surface area contributed by atoms with Gasteiger partial charge in [0, 0.05) is 7.12 Å². The van der Waals surface area contributed by atoms with Gasteiger partial charge in [0.2, 0.25) is 0 Å². The van der Waals surface area contributed by atoms with E-state index in [9.17, 15) is 0 Å². The first kappa shape index (κ1) is 9.71. The van der Waals surface area contributed by atoms with E-state index < -0.39 is 0 Å². The van der Waals surface area contributed by atoms with Gasteiger partial charge in [-0.2, -0.15) is 0 Å². The molecule has 0 aliphatic rings. The average Bonchev–Trinajstić information content (AvgIpc) is 2.52. The number of rotatable bonds is 0. The molecule has 13 heavy (non-hydrogen) atoms. The van der Waals surface area contributed by atoms with Gasteiger partial charge in [0.15, 0.2) is 5.65 Å². The molecule has 1 N–H and O–H groups in total. The van der Waals surface area contributed by atoms with Gasteiger partial charge >= 0.3 is 0 Å². The van der Waals surface area contributed by atoms with Gasteiger partial charge in [-0.3, -0.25) is 0 Å². The second-order valence-electron chi connectivity index (χ2n) is 2.93. The van der Waals surface area contributed by atoms with Crippen LogP contribution in [-0.2, 0) is 0 Å². The summed E-state index contributed by atoms with van der Waals surface area (Å²) in [4.78, 5) is 11.2. The Morgan fingerprint density at radius 3 is 2.77 bits per heavy atom. The Hall–Kier alpha value is -1.38. The minimum atomic E-state index is 0. The zero-order valence-electron chi connectivity index (χ0n) is 8.33. The molecule has 0 saturated carbocycles. The minimum Gasteiger partial charge on any atom is -0.343 e. The number of aryl methyl sites for hydroxylation is 1. The quantitative estimate of drug-likeness (QED) is 0.675. The van der Waals surface area contributed by atoms with Gasteiger partial charge in [0.05, 0.1) is 11.8 Å². The number of nitrogens with zero attached hydrogens (tertiary/aromatic N) is 2. The smallest absolute Gasteiger partial charge is 0.177 e. The SMILES string of the molecule is CCC.Cc1ccc2[nH]cnc2n1.[HH]. The van der Waals surface area contributed by atoms with Crippen LogP contribution in [0.3, 0.4) is 0 Å². The number of pyridine rings is 1. The third-order valence-corrected chi connectivity index (χ3v) is 1.42. The Labute approximate surface area is 79.7 Å². The van der Waals surface area contributed by atoms with Crippen LogP contribution in [0, 0.1) is 6.92 Å². The predicted molar refractivity (Wildman–Crippen MR) is 56.7 cm³/mol. The molecule has 3 heteroatoms. The number of imidazole rings is 1. The summed E-state index contributed by atoms with van der Waals surface area (Å²) in [6.07, 6.45) is 2.90. The first-order valence-corrected chi connectivity index (χ1v) is 4.54. The van der Waals surface area contributed by atoms with Crippen LogP contribution in [0.5, 0.6) is 0 Å². The molecule has 0 aromatic carbocycles. The fourth-order valence-electron chi connectivity index (χ4n) is 0.917. The van der Waals surface area contributed by atoms with Crippen LogP contribution >= 0.6 is 0 Å². The van der Waals surface area contributed by atoms with Crippen LogP contribution in [0.15, 0.2) is 18.5 Å². The number of nitrogens with one attached hydrogen (secondary N) is 1. The van der Waals surface area contributed by atoms with E-state index >= 15 is 0 Å². The van der Waals surface area contributed by atoms with Crippen LogP contribution in [0.25, 0.3) is 11.2 Å². The van der Waals surface area contributed by atoms with E-state index in [1.54, 1.807) is 6.33 Å². The lowest BCUT2D eigenvalue weighted by Gasteiger charge is -1.88. The minimum absolute atomic E-state index is 0. The Balaban J connectivity index is 0.000000381. The summed E-state index contributed by atoms with van der Waals surface area (Å²) in [6, 6.07) is 3.94. The van der Waals surface area contributed by atoms with E-state index in [1.165, 1.54) is 6.42 Å². The largest absolute Gasteiger partial charge is 0.343 e. The summed E-state index contributed by atoms with van der Waals surface area (Å²) in [5.41, 5.74) is 2.78. The lowest BCUT2D eigenvalue weighted by atomic mass is 10.4. The summed E-state index contributed by atoms with van der Waals surface area (Å²) in [7, 11) is 0. The monoisotopic (exact) mass is 179 g/mol. The molecule has 2 rings (SSSR count). The van der Waals surface area contributed by atoms with Gasteiger partial charge in [-0.05, 0) is 19.1 Å². The maximum atomic E-state index is 4.19. The first-order valence-electron chi connectivity index (χ1n) is 4.54. The Morgan fingerprint density at radius 1 is 1.38 bits per heavy atom. The molecule has 0 aliphatic heterocycles. The number of hydrogen-bond acceptors (Lipinski definition) is 2. The van der Waals surface area contributed by atoms with E-state index in [1.807, 2.05) is 19.1 Å². The fraction of sp³-hybridized carbons (Fsp3) is 0.400. The second-order valence-corrected chi connectivity index (χ2v) is 2.93. The van der Waals surface area contributed by atoms with Crippen molar-refractivity contribution in [2.75, 3.05) is 0 Å². The highest BCUT2D eigenvalue weighted by atomic mass is 14.9. The maximum Gasteiger partial charge on any atom is 0.177 e. The molecule has 0 amide bonds. The molecule has 0 bridgehead atoms. The van der Waals surface area contributed by atoms with Crippen LogP contribution < -0.4 is 0 Å². The first-order chi connectivity index (χ1) is 6.27. The van der Waals surface area contributed by atoms with Crippen molar-refractivity contribution < 1.29 is 1.43 Å². The summed E-state index contributed by atoms with van der Waals surface area (Å²) in [6.45, 7) is 6.20. The molecule has 0 unspecified atom stereocenters. The highest BCUT2D eigenvalue weighted by molar-refractivity contribution is 5.69. The summed E-state index contributed by atoms with van der Waals surface area (Å²) in [5.74, 6) is 0. The van der Waals surface area contributed by atoms with E-state index in [0.717, 1.165) is 16.9 Å². The summed E-state index contributed by atoms with van der Waals surface area (Å²) < 4.78 is 0. The topological polar surface area (TPSA) is 41.6 Å². The molecule has 2 heterocycles. The molecule has 2 aromatic heterocycles. The summed E-state index contributed by atoms with van der Waals surface area (Å²) in [5, 5.41) is 0. The number of aromatic amines is 1. The molecular formula is C10H17N3. The molecule has 0 aliphatic carbocycles. The van der Waals surface area contributed by atoms with E-state index in [0.29, 0.717) is 0 Å². The van der Waals surface area contributed by atoms with Crippen LogP contribution in [0.1, 0.15) is 27.4 Å². The highest BCUT2D eigenvalue weighted by Crippen LogP contribution is 2.05. The third kappa shape index (κ3) is 2.54.